The molecule has 102 valence electrons. The molecule has 1 aromatic rings. The molecule has 0 saturated heterocycles. The maximum Gasteiger partial charge on any atom is 0.422 e. The largest absolute Gasteiger partial charge is 0.484 e. The Bertz CT molecular complexity index is 351. The molecule has 1 rings (SSSR count). The Kier molecular flexibility index (Phi) is 4.31. The maximum absolute atomic E-state index is 11.8. The van der Waals surface area contributed by atoms with Crippen LogP contribution < -0.4 is 9.47 Å². The first-order chi connectivity index (χ1) is 8.16. The second-order valence-corrected chi connectivity index (χ2v) is 3.28. The average Bonchev–Trinajstić information content (AvgIpc) is 2.22. The zero-order valence-corrected chi connectivity index (χ0v) is 8.81. The lowest BCUT2D eigenvalue weighted by Crippen LogP contribution is -2.20. The molecule has 0 radical (unpaired) electrons. The van der Waals surface area contributed by atoms with Crippen molar-refractivity contribution in [1.29, 1.82) is 0 Å². The number of hydrogen-bond donors (Lipinski definition) is 0. The third kappa shape index (κ3) is 6.21. The summed E-state index contributed by atoms with van der Waals surface area (Å²) < 4.78 is 79.8. The van der Waals surface area contributed by atoms with Gasteiger partial charge in [0, 0.05) is 6.07 Å². The van der Waals surface area contributed by atoms with Gasteiger partial charge in [-0.15, -0.1) is 0 Å². The third-order valence-electron chi connectivity index (χ3n) is 1.61. The van der Waals surface area contributed by atoms with Crippen LogP contribution in [0.15, 0.2) is 24.3 Å². The summed E-state index contributed by atoms with van der Waals surface area (Å²) in [4.78, 5) is 0. The Balaban J connectivity index is 2.57. The van der Waals surface area contributed by atoms with Crippen LogP contribution in [0.4, 0.5) is 26.3 Å². The number of hydrogen-bond acceptors (Lipinski definition) is 2. The van der Waals surface area contributed by atoms with Gasteiger partial charge >= 0.3 is 12.4 Å². The van der Waals surface area contributed by atoms with Crippen molar-refractivity contribution in [2.24, 2.45) is 0 Å². The van der Waals surface area contributed by atoms with E-state index < -0.39 is 25.6 Å². The van der Waals surface area contributed by atoms with E-state index in [-0.39, 0.29) is 11.5 Å². The summed E-state index contributed by atoms with van der Waals surface area (Å²) in [7, 11) is 0. The summed E-state index contributed by atoms with van der Waals surface area (Å²) in [5.41, 5.74) is 0. The number of rotatable bonds is 4. The van der Waals surface area contributed by atoms with Gasteiger partial charge in [0.1, 0.15) is 11.5 Å². The maximum atomic E-state index is 11.8. The van der Waals surface area contributed by atoms with Crippen LogP contribution in [0.3, 0.4) is 0 Å². The monoisotopic (exact) mass is 274 g/mol. The third-order valence-corrected chi connectivity index (χ3v) is 1.61. The summed E-state index contributed by atoms with van der Waals surface area (Å²) in [6, 6.07) is 4.56. The Morgan fingerprint density at radius 1 is 0.778 bits per heavy atom. The quantitative estimate of drug-likeness (QED) is 0.781. The Labute approximate surface area is 98.1 Å². The number of benzene rings is 1. The van der Waals surface area contributed by atoms with Gasteiger partial charge in [-0.3, -0.25) is 0 Å². The van der Waals surface area contributed by atoms with E-state index in [1.54, 1.807) is 0 Å². The minimum Gasteiger partial charge on any atom is -0.484 e. The topological polar surface area (TPSA) is 18.5 Å². The van der Waals surface area contributed by atoms with Crippen LogP contribution in [0.1, 0.15) is 0 Å². The van der Waals surface area contributed by atoms with Crippen LogP contribution >= 0.6 is 0 Å². The standard InChI is InChI=1S/C10H8F6O2/c11-9(12,13)5-17-7-2-1-3-8(4-7)18-6-10(14,15)16/h1-4H,5-6H2. The summed E-state index contributed by atoms with van der Waals surface area (Å²) in [6.07, 6.45) is -9.02. The second-order valence-electron chi connectivity index (χ2n) is 3.28. The first-order valence-electron chi connectivity index (χ1n) is 4.65. The minimum absolute atomic E-state index is 0.216. The van der Waals surface area contributed by atoms with Crippen LogP contribution in [-0.2, 0) is 0 Å². The van der Waals surface area contributed by atoms with Crippen molar-refractivity contribution in [1.82, 2.24) is 0 Å². The second kappa shape index (κ2) is 5.36. The zero-order chi connectivity index (χ0) is 13.8. The molecule has 0 aliphatic carbocycles. The van der Waals surface area contributed by atoms with Gasteiger partial charge < -0.3 is 9.47 Å². The lowest BCUT2D eigenvalue weighted by atomic mass is 10.3. The molecule has 0 amide bonds. The molecule has 0 aliphatic rings. The fraction of sp³-hybridized carbons (Fsp3) is 0.400. The van der Waals surface area contributed by atoms with Crippen LogP contribution in [0.5, 0.6) is 11.5 Å². The van der Waals surface area contributed by atoms with E-state index in [9.17, 15) is 26.3 Å². The van der Waals surface area contributed by atoms with Gasteiger partial charge in [0.05, 0.1) is 0 Å². The lowest BCUT2D eigenvalue weighted by Gasteiger charge is -2.12. The highest BCUT2D eigenvalue weighted by atomic mass is 19.4. The molecule has 0 fully saturated rings. The summed E-state index contributed by atoms with van der Waals surface area (Å²) >= 11 is 0. The van der Waals surface area contributed by atoms with Crippen molar-refractivity contribution < 1.29 is 35.8 Å². The number of ether oxygens (including phenoxy) is 2. The molecule has 18 heavy (non-hydrogen) atoms. The molecule has 1 aromatic carbocycles. The molecule has 0 aromatic heterocycles. The molecular weight excluding hydrogens is 266 g/mol. The van der Waals surface area contributed by atoms with Crippen molar-refractivity contribution in [3.05, 3.63) is 24.3 Å². The van der Waals surface area contributed by atoms with Crippen LogP contribution in [0.25, 0.3) is 0 Å². The van der Waals surface area contributed by atoms with Crippen molar-refractivity contribution in [2.45, 2.75) is 12.4 Å². The normalized spacial score (nSPS) is 12.3. The van der Waals surface area contributed by atoms with Crippen LogP contribution in [0.2, 0.25) is 0 Å². The van der Waals surface area contributed by atoms with Gasteiger partial charge in [-0.1, -0.05) is 6.07 Å². The Morgan fingerprint density at radius 3 is 1.50 bits per heavy atom. The van der Waals surface area contributed by atoms with Crippen LogP contribution in [-0.4, -0.2) is 25.6 Å². The highest BCUT2D eigenvalue weighted by Gasteiger charge is 2.29. The smallest absolute Gasteiger partial charge is 0.422 e. The van der Waals surface area contributed by atoms with E-state index in [0.29, 0.717) is 0 Å². The highest BCUT2D eigenvalue weighted by Crippen LogP contribution is 2.24. The first-order valence-corrected chi connectivity index (χ1v) is 4.65. The van der Waals surface area contributed by atoms with Crippen molar-refractivity contribution >= 4 is 0 Å². The van der Waals surface area contributed by atoms with Gasteiger partial charge in [-0.25, -0.2) is 0 Å². The molecular formula is C10H8F6O2. The van der Waals surface area contributed by atoms with Gasteiger partial charge in [0.25, 0.3) is 0 Å². The van der Waals surface area contributed by atoms with E-state index in [0.717, 1.165) is 6.07 Å². The van der Waals surface area contributed by atoms with E-state index in [1.807, 2.05) is 0 Å². The number of alkyl halides is 6. The van der Waals surface area contributed by atoms with Gasteiger partial charge in [0.15, 0.2) is 13.2 Å². The molecule has 0 spiro atoms. The predicted molar refractivity (Wildman–Crippen MR) is 49.5 cm³/mol. The minimum atomic E-state index is -4.51. The molecule has 0 atom stereocenters. The fourth-order valence-electron chi connectivity index (χ4n) is 0.984. The fourth-order valence-corrected chi connectivity index (χ4v) is 0.984. The van der Waals surface area contributed by atoms with E-state index in [4.69, 9.17) is 0 Å². The molecule has 0 saturated carbocycles. The van der Waals surface area contributed by atoms with Crippen LogP contribution in [0, 0.1) is 0 Å². The van der Waals surface area contributed by atoms with Crippen molar-refractivity contribution in [2.75, 3.05) is 13.2 Å². The van der Waals surface area contributed by atoms with E-state index in [2.05, 4.69) is 9.47 Å². The molecule has 0 unspecified atom stereocenters. The van der Waals surface area contributed by atoms with Crippen molar-refractivity contribution in [3.8, 4) is 11.5 Å². The number of halogens is 6. The average molecular weight is 274 g/mol. The predicted octanol–water partition coefficient (Wildman–Crippen LogP) is 3.57. The van der Waals surface area contributed by atoms with E-state index in [1.165, 1.54) is 18.2 Å². The van der Waals surface area contributed by atoms with E-state index >= 15 is 0 Å². The highest BCUT2D eigenvalue weighted by molar-refractivity contribution is 5.32. The summed E-state index contributed by atoms with van der Waals surface area (Å²) in [6.45, 7) is -3.04. The summed E-state index contributed by atoms with van der Waals surface area (Å²) in [5.74, 6) is -0.431. The van der Waals surface area contributed by atoms with Crippen molar-refractivity contribution in [3.63, 3.8) is 0 Å². The molecule has 2 nitrogen and oxygen atoms in total. The SMILES string of the molecule is FC(F)(F)COc1cccc(OCC(F)(F)F)c1. The Morgan fingerprint density at radius 2 is 1.17 bits per heavy atom. The Hall–Kier alpha value is -1.60. The zero-order valence-electron chi connectivity index (χ0n) is 8.81. The first kappa shape index (κ1) is 14.5. The molecule has 0 N–H and O–H groups in total. The summed E-state index contributed by atoms with van der Waals surface area (Å²) in [5, 5.41) is 0. The van der Waals surface area contributed by atoms with Gasteiger partial charge in [0.2, 0.25) is 0 Å². The molecule has 8 heteroatoms. The molecule has 0 aliphatic heterocycles. The lowest BCUT2D eigenvalue weighted by molar-refractivity contribution is -0.153. The molecule has 0 bridgehead atoms. The van der Waals surface area contributed by atoms with Gasteiger partial charge in [-0.2, -0.15) is 26.3 Å². The molecule has 0 heterocycles. The van der Waals surface area contributed by atoms with Gasteiger partial charge in [-0.05, 0) is 12.1 Å².